The molecule has 0 aromatic heterocycles. The summed E-state index contributed by atoms with van der Waals surface area (Å²) < 4.78 is 5.40. The van der Waals surface area contributed by atoms with E-state index in [2.05, 4.69) is 5.32 Å². The van der Waals surface area contributed by atoms with E-state index in [1.54, 1.807) is 0 Å². The summed E-state index contributed by atoms with van der Waals surface area (Å²) in [4.78, 5) is 23.4. The van der Waals surface area contributed by atoms with Crippen molar-refractivity contribution in [3.63, 3.8) is 0 Å². The number of ether oxygens (including phenoxy) is 1. The zero-order chi connectivity index (χ0) is 13.1. The molecule has 2 rings (SSSR count). The topological polar surface area (TPSA) is 75.6 Å². The number of hydrogen-bond acceptors (Lipinski definition) is 3. The predicted octanol–water partition coefficient (Wildman–Crippen LogP) is 1.17. The summed E-state index contributed by atoms with van der Waals surface area (Å²) in [5.74, 6) is -1.84. The van der Waals surface area contributed by atoms with Crippen molar-refractivity contribution >= 4 is 11.9 Å². The highest BCUT2D eigenvalue weighted by Crippen LogP contribution is 2.30. The number of nitrogens with one attached hydrogen (secondary N) is 1. The molecule has 0 radical (unpaired) electrons. The van der Waals surface area contributed by atoms with Gasteiger partial charge in [-0.2, -0.15) is 0 Å². The summed E-state index contributed by atoms with van der Waals surface area (Å²) in [5, 5.41) is 12.1. The van der Waals surface area contributed by atoms with E-state index in [0.29, 0.717) is 19.4 Å². The third kappa shape index (κ3) is 2.83. The van der Waals surface area contributed by atoms with Gasteiger partial charge in [-0.05, 0) is 26.2 Å². The second kappa shape index (κ2) is 5.69. The van der Waals surface area contributed by atoms with Gasteiger partial charge in [0.15, 0.2) is 0 Å². The van der Waals surface area contributed by atoms with Crippen LogP contribution in [0.3, 0.4) is 0 Å². The molecule has 2 aliphatic rings. The molecule has 1 aliphatic heterocycles. The van der Waals surface area contributed by atoms with Crippen LogP contribution >= 0.6 is 0 Å². The summed E-state index contributed by atoms with van der Waals surface area (Å²) in [6, 6.07) is 0.0360. The van der Waals surface area contributed by atoms with Gasteiger partial charge in [-0.3, -0.25) is 9.59 Å². The Kier molecular flexibility index (Phi) is 4.22. The van der Waals surface area contributed by atoms with Crippen molar-refractivity contribution in [1.29, 1.82) is 0 Å². The number of rotatable bonds is 3. The Bertz CT molecular complexity index is 331. The number of carboxylic acids is 1. The van der Waals surface area contributed by atoms with Crippen LogP contribution in [0.15, 0.2) is 0 Å². The first kappa shape index (κ1) is 13.3. The van der Waals surface area contributed by atoms with Crippen LogP contribution in [0.4, 0.5) is 0 Å². The van der Waals surface area contributed by atoms with Crippen molar-refractivity contribution in [3.05, 3.63) is 0 Å². The first-order valence-corrected chi connectivity index (χ1v) is 6.74. The monoisotopic (exact) mass is 255 g/mol. The van der Waals surface area contributed by atoms with E-state index in [0.717, 1.165) is 19.3 Å². The number of carbonyl (C=O) groups excluding carboxylic acids is 1. The molecular formula is C13H21NO4. The lowest BCUT2D eigenvalue weighted by molar-refractivity contribution is -0.149. The molecule has 2 fully saturated rings. The van der Waals surface area contributed by atoms with Crippen molar-refractivity contribution in [1.82, 2.24) is 5.32 Å². The third-order valence-electron chi connectivity index (χ3n) is 4.12. The second-order valence-corrected chi connectivity index (χ2v) is 5.32. The molecule has 18 heavy (non-hydrogen) atoms. The van der Waals surface area contributed by atoms with Gasteiger partial charge in [-0.15, -0.1) is 0 Å². The quantitative estimate of drug-likeness (QED) is 0.793. The van der Waals surface area contributed by atoms with Gasteiger partial charge < -0.3 is 15.2 Å². The maximum absolute atomic E-state index is 12.2. The minimum Gasteiger partial charge on any atom is -0.481 e. The molecule has 4 unspecified atom stereocenters. The maximum atomic E-state index is 12.2. The standard InChI is InChI=1S/C13H21NO4/c1-8-11(6-7-18-8)14-12(15)9-4-2-3-5-10(9)13(16)17/h8-11H,2-7H2,1H3,(H,14,15)(H,16,17). The Labute approximate surface area is 107 Å². The average molecular weight is 255 g/mol. The molecule has 4 atom stereocenters. The lowest BCUT2D eigenvalue weighted by Gasteiger charge is -2.29. The van der Waals surface area contributed by atoms with E-state index in [1.165, 1.54) is 0 Å². The molecule has 1 aliphatic carbocycles. The lowest BCUT2D eigenvalue weighted by Crippen LogP contribution is -2.46. The van der Waals surface area contributed by atoms with Crippen molar-refractivity contribution in [3.8, 4) is 0 Å². The Balaban J connectivity index is 1.95. The fraction of sp³-hybridized carbons (Fsp3) is 0.846. The maximum Gasteiger partial charge on any atom is 0.307 e. The van der Waals surface area contributed by atoms with E-state index < -0.39 is 11.9 Å². The highest BCUT2D eigenvalue weighted by molar-refractivity contribution is 5.85. The first-order chi connectivity index (χ1) is 8.59. The molecule has 5 heteroatoms. The van der Waals surface area contributed by atoms with Gasteiger partial charge in [0.05, 0.1) is 24.0 Å². The first-order valence-electron chi connectivity index (χ1n) is 6.74. The zero-order valence-corrected chi connectivity index (χ0v) is 10.7. The SMILES string of the molecule is CC1OCCC1NC(=O)C1CCCCC1C(=O)O. The predicted molar refractivity (Wildman–Crippen MR) is 65.0 cm³/mol. The van der Waals surface area contributed by atoms with Crippen molar-refractivity contribution in [2.24, 2.45) is 11.8 Å². The molecule has 2 N–H and O–H groups in total. The molecule has 0 bridgehead atoms. The average Bonchev–Trinajstić information content (AvgIpc) is 2.75. The second-order valence-electron chi connectivity index (χ2n) is 5.32. The number of hydrogen-bond donors (Lipinski definition) is 2. The highest BCUT2D eigenvalue weighted by atomic mass is 16.5. The summed E-state index contributed by atoms with van der Waals surface area (Å²) in [5.41, 5.74) is 0. The van der Waals surface area contributed by atoms with Gasteiger partial charge in [0.2, 0.25) is 5.91 Å². The van der Waals surface area contributed by atoms with Gasteiger partial charge in [0.25, 0.3) is 0 Å². The summed E-state index contributed by atoms with van der Waals surface area (Å²) >= 11 is 0. The van der Waals surface area contributed by atoms with Crippen molar-refractivity contribution in [2.45, 2.75) is 51.2 Å². The molecule has 0 aromatic carbocycles. The third-order valence-corrected chi connectivity index (χ3v) is 4.12. The van der Waals surface area contributed by atoms with E-state index in [9.17, 15) is 9.59 Å². The number of carboxylic acid groups (broad SMARTS) is 1. The van der Waals surface area contributed by atoms with Crippen molar-refractivity contribution < 1.29 is 19.4 Å². The minimum atomic E-state index is -0.842. The van der Waals surface area contributed by atoms with Crippen molar-refractivity contribution in [2.75, 3.05) is 6.61 Å². The van der Waals surface area contributed by atoms with Crippen LogP contribution in [0.25, 0.3) is 0 Å². The highest BCUT2D eigenvalue weighted by Gasteiger charge is 2.37. The fourth-order valence-corrected chi connectivity index (χ4v) is 2.95. The van der Waals surface area contributed by atoms with Gasteiger partial charge in [0.1, 0.15) is 0 Å². The summed E-state index contributed by atoms with van der Waals surface area (Å²) in [6.07, 6.45) is 4.00. The Morgan fingerprint density at radius 3 is 2.39 bits per heavy atom. The Hall–Kier alpha value is -1.10. The van der Waals surface area contributed by atoms with Crippen LogP contribution in [-0.4, -0.2) is 35.7 Å². The van der Waals surface area contributed by atoms with Gasteiger partial charge >= 0.3 is 5.97 Å². The van der Waals surface area contributed by atoms with E-state index >= 15 is 0 Å². The van der Waals surface area contributed by atoms with Gasteiger partial charge in [0, 0.05) is 6.61 Å². The molecule has 5 nitrogen and oxygen atoms in total. The summed E-state index contributed by atoms with van der Waals surface area (Å²) in [7, 11) is 0. The number of aliphatic carboxylic acids is 1. The number of carbonyl (C=O) groups is 2. The molecule has 1 saturated carbocycles. The molecule has 1 heterocycles. The van der Waals surface area contributed by atoms with Crippen LogP contribution in [0.1, 0.15) is 39.0 Å². The smallest absolute Gasteiger partial charge is 0.307 e. The number of amides is 1. The van der Waals surface area contributed by atoms with Gasteiger partial charge in [-0.1, -0.05) is 12.8 Å². The Morgan fingerprint density at radius 2 is 1.83 bits per heavy atom. The van der Waals surface area contributed by atoms with E-state index in [4.69, 9.17) is 9.84 Å². The molecule has 0 spiro atoms. The molecule has 0 aromatic rings. The Morgan fingerprint density at radius 1 is 1.17 bits per heavy atom. The fourth-order valence-electron chi connectivity index (χ4n) is 2.95. The van der Waals surface area contributed by atoms with Crippen LogP contribution in [0.5, 0.6) is 0 Å². The zero-order valence-electron chi connectivity index (χ0n) is 10.7. The van der Waals surface area contributed by atoms with Gasteiger partial charge in [-0.25, -0.2) is 0 Å². The molecule has 102 valence electrons. The van der Waals surface area contributed by atoms with Crippen LogP contribution in [0.2, 0.25) is 0 Å². The normalized spacial score (nSPS) is 36.3. The van der Waals surface area contributed by atoms with E-state index in [-0.39, 0.29) is 24.0 Å². The van der Waals surface area contributed by atoms with Crippen LogP contribution in [-0.2, 0) is 14.3 Å². The molecular weight excluding hydrogens is 234 g/mol. The van der Waals surface area contributed by atoms with Crippen LogP contribution < -0.4 is 5.32 Å². The minimum absolute atomic E-state index is 0.0285. The van der Waals surface area contributed by atoms with E-state index in [1.807, 2.05) is 6.92 Å². The lowest BCUT2D eigenvalue weighted by atomic mass is 9.78. The summed E-state index contributed by atoms with van der Waals surface area (Å²) in [6.45, 7) is 2.60. The molecule has 1 saturated heterocycles. The largest absolute Gasteiger partial charge is 0.481 e. The molecule has 1 amide bonds. The van der Waals surface area contributed by atoms with Crippen LogP contribution in [0, 0.1) is 11.8 Å².